The van der Waals surface area contributed by atoms with Gasteiger partial charge in [-0.3, -0.25) is 14.4 Å². The van der Waals surface area contributed by atoms with E-state index < -0.39 is 6.10 Å². The average molecular weight is 879 g/mol. The standard InChI is InChI=1S/C58H86O6/c1-4-7-10-13-16-19-22-25-27-28-29-30-31-34-36-39-42-45-48-51-57(60)63-54-55(53-62-56(59)50-47-44-41-38-35-32-24-21-18-15-12-9-6-3)64-58(61)52-49-46-43-40-37-33-26-23-20-17-14-11-8-5-2/h7-12,15-21,24-27,29-30,32-36,38,41,55H,4-6,13-14,22-23,28,31,37,39-40,42-54H2,1-3H3/b10-7+,11-8+,12-9+,18-15+,19-16+,20-17+,24-21+,27-25+,30-29+,33-26+,35-32+,36-34+,41-38+. The van der Waals surface area contributed by atoms with Crippen molar-refractivity contribution >= 4 is 17.9 Å². The van der Waals surface area contributed by atoms with E-state index in [0.717, 1.165) is 122 Å². The molecule has 6 heteroatoms. The van der Waals surface area contributed by atoms with Crippen LogP contribution in [0.3, 0.4) is 0 Å². The van der Waals surface area contributed by atoms with Crippen molar-refractivity contribution in [3.05, 3.63) is 158 Å². The molecule has 354 valence electrons. The van der Waals surface area contributed by atoms with Crippen LogP contribution in [0.1, 0.15) is 168 Å². The van der Waals surface area contributed by atoms with Crippen molar-refractivity contribution in [2.45, 2.75) is 175 Å². The molecular weight excluding hydrogens is 793 g/mol. The maximum Gasteiger partial charge on any atom is 0.306 e. The molecule has 0 aromatic heterocycles. The van der Waals surface area contributed by atoms with Gasteiger partial charge in [-0.05, 0) is 109 Å². The lowest BCUT2D eigenvalue weighted by atomic mass is 10.1. The molecule has 0 saturated carbocycles. The van der Waals surface area contributed by atoms with Gasteiger partial charge in [0, 0.05) is 19.3 Å². The Kier molecular flexibility index (Phi) is 46.7. The summed E-state index contributed by atoms with van der Waals surface area (Å²) in [5, 5.41) is 0. The first kappa shape index (κ1) is 59.0. The SMILES string of the molecule is CC/C=C/C=C/C=C/C=C/C=C/CCCC(=O)OCC(COC(=O)CCCCC/C=C/C/C=C/C/C=C/C/C=C/C/C=C/CC)OC(=O)CCCCCC/C=C/C/C=C/C/C=C/CC. The Morgan fingerprint density at radius 1 is 0.328 bits per heavy atom. The predicted molar refractivity (Wildman–Crippen MR) is 274 cm³/mol. The molecule has 1 unspecified atom stereocenters. The Morgan fingerprint density at radius 2 is 0.656 bits per heavy atom. The van der Waals surface area contributed by atoms with E-state index in [4.69, 9.17) is 14.2 Å². The smallest absolute Gasteiger partial charge is 0.306 e. The third-order valence-electron chi connectivity index (χ3n) is 9.39. The van der Waals surface area contributed by atoms with E-state index in [1.165, 1.54) is 0 Å². The molecule has 0 aromatic rings. The van der Waals surface area contributed by atoms with Crippen LogP contribution in [-0.2, 0) is 28.6 Å². The number of unbranched alkanes of at least 4 members (excludes halogenated alkanes) is 8. The maximum absolute atomic E-state index is 12.8. The van der Waals surface area contributed by atoms with Gasteiger partial charge in [0.05, 0.1) is 0 Å². The number of carbonyl (C=O) groups excluding carboxylic acids is 3. The number of carbonyl (C=O) groups is 3. The highest BCUT2D eigenvalue weighted by Gasteiger charge is 2.19. The molecule has 0 bridgehead atoms. The minimum absolute atomic E-state index is 0.135. The fourth-order valence-electron chi connectivity index (χ4n) is 5.80. The summed E-state index contributed by atoms with van der Waals surface area (Å²) in [6, 6.07) is 0. The van der Waals surface area contributed by atoms with E-state index in [1.54, 1.807) is 0 Å². The summed E-state index contributed by atoms with van der Waals surface area (Å²) in [6.07, 6.45) is 73.8. The van der Waals surface area contributed by atoms with Crippen LogP contribution in [0.4, 0.5) is 0 Å². The third-order valence-corrected chi connectivity index (χ3v) is 9.39. The van der Waals surface area contributed by atoms with Gasteiger partial charge >= 0.3 is 17.9 Å². The van der Waals surface area contributed by atoms with Crippen molar-refractivity contribution in [1.82, 2.24) is 0 Å². The molecule has 0 aromatic carbocycles. The summed E-state index contributed by atoms with van der Waals surface area (Å²) in [4.78, 5) is 37.9. The lowest BCUT2D eigenvalue weighted by Gasteiger charge is -2.18. The Labute approximate surface area is 390 Å². The van der Waals surface area contributed by atoms with Gasteiger partial charge in [0.1, 0.15) is 13.2 Å². The van der Waals surface area contributed by atoms with Crippen LogP contribution in [0.2, 0.25) is 0 Å². The van der Waals surface area contributed by atoms with E-state index in [2.05, 4.69) is 124 Å². The maximum atomic E-state index is 12.8. The number of rotatable bonds is 41. The van der Waals surface area contributed by atoms with Crippen molar-refractivity contribution < 1.29 is 28.6 Å². The molecule has 0 aliphatic heterocycles. The molecule has 0 spiro atoms. The molecule has 0 aliphatic carbocycles. The second-order valence-electron chi connectivity index (χ2n) is 15.3. The number of hydrogen-bond donors (Lipinski definition) is 0. The first-order valence-electron chi connectivity index (χ1n) is 24.6. The molecule has 0 N–H and O–H groups in total. The van der Waals surface area contributed by atoms with Crippen LogP contribution in [0.15, 0.2) is 158 Å². The summed E-state index contributed by atoms with van der Waals surface area (Å²) >= 11 is 0. The molecule has 0 aliphatic rings. The Balaban J connectivity index is 4.60. The van der Waals surface area contributed by atoms with Crippen LogP contribution < -0.4 is 0 Å². The minimum Gasteiger partial charge on any atom is -0.462 e. The van der Waals surface area contributed by atoms with E-state index in [1.807, 2.05) is 54.7 Å². The molecular formula is C58H86O6. The second kappa shape index (κ2) is 50.7. The van der Waals surface area contributed by atoms with Crippen molar-refractivity contribution in [2.75, 3.05) is 13.2 Å². The Hall–Kier alpha value is -4.97. The van der Waals surface area contributed by atoms with Gasteiger partial charge in [-0.15, -0.1) is 0 Å². The molecule has 0 fully saturated rings. The Bertz CT molecular complexity index is 1520. The number of hydrogen-bond acceptors (Lipinski definition) is 6. The summed E-state index contributed by atoms with van der Waals surface area (Å²) in [7, 11) is 0. The van der Waals surface area contributed by atoms with Crippen LogP contribution in [0.25, 0.3) is 0 Å². The molecule has 0 heterocycles. The van der Waals surface area contributed by atoms with Crippen LogP contribution in [0.5, 0.6) is 0 Å². The van der Waals surface area contributed by atoms with Gasteiger partial charge in [-0.25, -0.2) is 0 Å². The van der Waals surface area contributed by atoms with E-state index in [-0.39, 0.29) is 44.0 Å². The lowest BCUT2D eigenvalue weighted by Crippen LogP contribution is -2.30. The van der Waals surface area contributed by atoms with Gasteiger partial charge in [-0.1, -0.05) is 198 Å². The predicted octanol–water partition coefficient (Wildman–Crippen LogP) is 16.2. The van der Waals surface area contributed by atoms with Gasteiger partial charge in [0.2, 0.25) is 0 Å². The number of esters is 3. The Morgan fingerprint density at radius 3 is 1.11 bits per heavy atom. The normalized spacial score (nSPS) is 13.5. The zero-order valence-corrected chi connectivity index (χ0v) is 40.2. The average Bonchev–Trinajstić information content (AvgIpc) is 3.29. The third kappa shape index (κ3) is 48.1. The van der Waals surface area contributed by atoms with Crippen LogP contribution in [-0.4, -0.2) is 37.2 Å². The quantitative estimate of drug-likeness (QED) is 0.0200. The zero-order chi connectivity index (χ0) is 46.5. The van der Waals surface area contributed by atoms with Gasteiger partial charge in [0.15, 0.2) is 6.10 Å². The fraction of sp³-hybridized carbons (Fsp3) is 0.500. The number of ether oxygens (including phenoxy) is 3. The van der Waals surface area contributed by atoms with Crippen molar-refractivity contribution in [3.8, 4) is 0 Å². The van der Waals surface area contributed by atoms with E-state index >= 15 is 0 Å². The lowest BCUT2D eigenvalue weighted by molar-refractivity contribution is -0.167. The van der Waals surface area contributed by atoms with Crippen LogP contribution in [0, 0.1) is 0 Å². The monoisotopic (exact) mass is 879 g/mol. The van der Waals surface area contributed by atoms with Crippen molar-refractivity contribution in [2.24, 2.45) is 0 Å². The highest BCUT2D eigenvalue weighted by Crippen LogP contribution is 2.11. The topological polar surface area (TPSA) is 78.9 Å². The van der Waals surface area contributed by atoms with E-state index in [9.17, 15) is 14.4 Å². The highest BCUT2D eigenvalue weighted by atomic mass is 16.6. The van der Waals surface area contributed by atoms with Crippen molar-refractivity contribution in [3.63, 3.8) is 0 Å². The summed E-state index contributed by atoms with van der Waals surface area (Å²) < 4.78 is 16.6. The summed E-state index contributed by atoms with van der Waals surface area (Å²) in [5.41, 5.74) is 0. The zero-order valence-electron chi connectivity index (χ0n) is 40.2. The van der Waals surface area contributed by atoms with E-state index in [0.29, 0.717) is 12.8 Å². The van der Waals surface area contributed by atoms with Gasteiger partial charge < -0.3 is 14.2 Å². The first-order chi connectivity index (χ1) is 31.5. The van der Waals surface area contributed by atoms with Gasteiger partial charge in [-0.2, -0.15) is 0 Å². The summed E-state index contributed by atoms with van der Waals surface area (Å²) in [6.45, 7) is 6.11. The first-order valence-corrected chi connectivity index (χ1v) is 24.6. The second-order valence-corrected chi connectivity index (χ2v) is 15.3. The van der Waals surface area contributed by atoms with Crippen LogP contribution >= 0.6 is 0 Å². The number of allylic oxidation sites excluding steroid dienone is 26. The minimum atomic E-state index is -0.840. The molecule has 0 rings (SSSR count). The highest BCUT2D eigenvalue weighted by molar-refractivity contribution is 5.71. The van der Waals surface area contributed by atoms with Crippen molar-refractivity contribution in [1.29, 1.82) is 0 Å². The molecule has 0 radical (unpaired) electrons. The molecule has 1 atom stereocenters. The molecule has 64 heavy (non-hydrogen) atoms. The van der Waals surface area contributed by atoms with Gasteiger partial charge in [0.25, 0.3) is 0 Å². The fourth-order valence-corrected chi connectivity index (χ4v) is 5.80. The largest absolute Gasteiger partial charge is 0.462 e. The summed E-state index contributed by atoms with van der Waals surface area (Å²) in [5.74, 6) is -1.08. The molecule has 0 saturated heterocycles. The molecule has 6 nitrogen and oxygen atoms in total. The molecule has 0 amide bonds.